The summed E-state index contributed by atoms with van der Waals surface area (Å²) in [6.45, 7) is 1.99. The molecule has 1 aliphatic heterocycles. The number of carbonyl (C=O) groups is 1. The van der Waals surface area contributed by atoms with Gasteiger partial charge in [-0.3, -0.25) is 19.1 Å². The highest BCUT2D eigenvalue weighted by molar-refractivity contribution is 5.75. The Balaban J connectivity index is 1.46. The monoisotopic (exact) mass is 335 g/mol. The molecule has 0 unspecified atom stereocenters. The summed E-state index contributed by atoms with van der Waals surface area (Å²) in [7, 11) is 1.86. The van der Waals surface area contributed by atoms with E-state index in [0.29, 0.717) is 39.0 Å². The third-order valence-corrected chi connectivity index (χ3v) is 4.20. The maximum atomic E-state index is 13.8. The number of hydrogen-bond acceptors (Lipinski definition) is 5. The molecule has 1 amide bonds. The van der Waals surface area contributed by atoms with Crippen LogP contribution in [0, 0.1) is 0 Å². The van der Waals surface area contributed by atoms with Gasteiger partial charge in [-0.15, -0.1) is 5.10 Å². The zero-order chi connectivity index (χ0) is 16.9. The molecule has 24 heavy (non-hydrogen) atoms. The zero-order valence-corrected chi connectivity index (χ0v) is 13.7. The Labute approximate surface area is 139 Å². The van der Waals surface area contributed by atoms with Crippen molar-refractivity contribution in [2.75, 3.05) is 13.1 Å². The molecule has 1 fully saturated rings. The Bertz CT molecular complexity index is 657. The SMILES string of the molecule is Cn1cc(CN2C[C@@H](F)C[C@H]2CNC(=O)CCn2ccnn2)cn1. The van der Waals surface area contributed by atoms with Crippen LogP contribution < -0.4 is 5.32 Å². The van der Waals surface area contributed by atoms with Gasteiger partial charge in [-0.05, 0) is 6.42 Å². The van der Waals surface area contributed by atoms with E-state index < -0.39 is 6.17 Å². The first-order valence-corrected chi connectivity index (χ1v) is 8.06. The van der Waals surface area contributed by atoms with Gasteiger partial charge in [0.2, 0.25) is 5.91 Å². The maximum absolute atomic E-state index is 13.8. The predicted molar refractivity (Wildman–Crippen MR) is 84.6 cm³/mol. The van der Waals surface area contributed by atoms with Gasteiger partial charge in [-0.1, -0.05) is 5.21 Å². The first-order valence-electron chi connectivity index (χ1n) is 8.06. The van der Waals surface area contributed by atoms with Crippen LogP contribution in [-0.4, -0.2) is 60.9 Å². The fourth-order valence-corrected chi connectivity index (χ4v) is 3.00. The van der Waals surface area contributed by atoms with Crippen LogP contribution in [0.1, 0.15) is 18.4 Å². The van der Waals surface area contributed by atoms with Gasteiger partial charge in [0.1, 0.15) is 6.17 Å². The summed E-state index contributed by atoms with van der Waals surface area (Å²) in [6.07, 6.45) is 6.94. The molecule has 3 rings (SSSR count). The average Bonchev–Trinajstić information content (AvgIpc) is 3.26. The van der Waals surface area contributed by atoms with Gasteiger partial charge in [0.05, 0.1) is 18.9 Å². The highest BCUT2D eigenvalue weighted by Gasteiger charge is 2.32. The molecule has 8 nitrogen and oxygen atoms in total. The second kappa shape index (κ2) is 7.52. The number of rotatable bonds is 7. The van der Waals surface area contributed by atoms with E-state index in [4.69, 9.17) is 0 Å². The van der Waals surface area contributed by atoms with Gasteiger partial charge >= 0.3 is 0 Å². The lowest BCUT2D eigenvalue weighted by atomic mass is 10.2. The van der Waals surface area contributed by atoms with Crippen LogP contribution in [0.2, 0.25) is 0 Å². The number of nitrogens with zero attached hydrogens (tertiary/aromatic N) is 6. The van der Waals surface area contributed by atoms with Gasteiger partial charge in [0.25, 0.3) is 0 Å². The van der Waals surface area contributed by atoms with E-state index in [2.05, 4.69) is 25.6 Å². The Morgan fingerprint density at radius 2 is 2.38 bits per heavy atom. The number of aromatic nitrogens is 5. The third kappa shape index (κ3) is 4.38. The summed E-state index contributed by atoms with van der Waals surface area (Å²) in [5, 5.41) is 14.6. The van der Waals surface area contributed by atoms with Gasteiger partial charge in [0, 0.05) is 57.1 Å². The Hall–Kier alpha value is -2.29. The van der Waals surface area contributed by atoms with Crippen molar-refractivity contribution in [3.8, 4) is 0 Å². The summed E-state index contributed by atoms with van der Waals surface area (Å²) in [6, 6.07) is 0.00975. The van der Waals surface area contributed by atoms with Crippen LogP contribution in [0.25, 0.3) is 0 Å². The van der Waals surface area contributed by atoms with Crippen LogP contribution in [0.3, 0.4) is 0 Å². The lowest BCUT2D eigenvalue weighted by Crippen LogP contribution is -2.40. The molecule has 0 aromatic carbocycles. The van der Waals surface area contributed by atoms with Gasteiger partial charge < -0.3 is 5.32 Å². The fourth-order valence-electron chi connectivity index (χ4n) is 3.00. The standard InChI is InChI=1S/C15H22FN7O/c1-21-9-12(7-19-21)10-22-11-13(16)6-14(22)8-17-15(24)2-4-23-5-3-18-20-23/h3,5,7,9,13-14H,2,4,6,8,10-11H2,1H3,(H,17,24)/t13-,14-/m0/s1. The molecule has 0 radical (unpaired) electrons. The van der Waals surface area contributed by atoms with Crippen molar-refractivity contribution in [2.24, 2.45) is 7.05 Å². The first-order chi connectivity index (χ1) is 11.6. The van der Waals surface area contributed by atoms with Crippen LogP contribution in [-0.2, 0) is 24.9 Å². The number of aryl methyl sites for hydroxylation is 2. The number of nitrogens with one attached hydrogen (secondary N) is 1. The molecule has 1 aliphatic rings. The summed E-state index contributed by atoms with van der Waals surface area (Å²) in [5.41, 5.74) is 1.05. The van der Waals surface area contributed by atoms with E-state index in [1.807, 2.05) is 13.2 Å². The first kappa shape index (κ1) is 16.6. The van der Waals surface area contributed by atoms with Crippen molar-refractivity contribution in [1.29, 1.82) is 0 Å². The van der Waals surface area contributed by atoms with E-state index in [1.54, 1.807) is 28.0 Å². The molecule has 2 aromatic rings. The average molecular weight is 335 g/mol. The van der Waals surface area contributed by atoms with Crippen LogP contribution >= 0.6 is 0 Å². The number of halogens is 1. The second-order valence-electron chi connectivity index (χ2n) is 6.16. The van der Waals surface area contributed by atoms with Crippen molar-refractivity contribution < 1.29 is 9.18 Å². The summed E-state index contributed by atoms with van der Waals surface area (Å²) in [4.78, 5) is 14.0. The van der Waals surface area contributed by atoms with E-state index >= 15 is 0 Å². The molecule has 3 heterocycles. The van der Waals surface area contributed by atoms with Crippen LogP contribution in [0.5, 0.6) is 0 Å². The quantitative estimate of drug-likeness (QED) is 0.778. The largest absolute Gasteiger partial charge is 0.354 e. The van der Waals surface area contributed by atoms with Crippen LogP contribution in [0.4, 0.5) is 4.39 Å². The smallest absolute Gasteiger partial charge is 0.221 e. The lowest BCUT2D eigenvalue weighted by molar-refractivity contribution is -0.121. The number of hydrogen-bond donors (Lipinski definition) is 1. The van der Waals surface area contributed by atoms with E-state index in [1.165, 1.54) is 0 Å². The Morgan fingerprint density at radius 3 is 3.08 bits per heavy atom. The molecular weight excluding hydrogens is 313 g/mol. The number of alkyl halides is 1. The van der Waals surface area contributed by atoms with Crippen molar-refractivity contribution in [2.45, 2.75) is 38.1 Å². The normalized spacial score (nSPS) is 21.2. The second-order valence-corrected chi connectivity index (χ2v) is 6.16. The topological polar surface area (TPSA) is 80.9 Å². The molecule has 0 aliphatic carbocycles. The minimum Gasteiger partial charge on any atom is -0.354 e. The van der Waals surface area contributed by atoms with E-state index in [0.717, 1.165) is 5.56 Å². The number of likely N-dealkylation sites (tertiary alicyclic amines) is 1. The minimum absolute atomic E-state index is 0.00975. The molecule has 130 valence electrons. The number of amides is 1. The maximum Gasteiger partial charge on any atom is 0.221 e. The Kier molecular flexibility index (Phi) is 5.19. The summed E-state index contributed by atoms with van der Waals surface area (Å²) >= 11 is 0. The summed E-state index contributed by atoms with van der Waals surface area (Å²) in [5.74, 6) is -0.0610. The van der Waals surface area contributed by atoms with E-state index in [-0.39, 0.29) is 11.9 Å². The van der Waals surface area contributed by atoms with Gasteiger partial charge in [-0.25, -0.2) is 4.39 Å². The number of carbonyl (C=O) groups excluding carboxylic acids is 1. The lowest BCUT2D eigenvalue weighted by Gasteiger charge is -2.23. The van der Waals surface area contributed by atoms with Crippen molar-refractivity contribution in [3.05, 3.63) is 30.4 Å². The van der Waals surface area contributed by atoms with Gasteiger partial charge in [-0.2, -0.15) is 5.10 Å². The molecule has 0 saturated carbocycles. The molecule has 1 saturated heterocycles. The highest BCUT2D eigenvalue weighted by atomic mass is 19.1. The minimum atomic E-state index is -0.848. The Morgan fingerprint density at radius 1 is 1.50 bits per heavy atom. The molecule has 9 heteroatoms. The van der Waals surface area contributed by atoms with E-state index in [9.17, 15) is 9.18 Å². The fraction of sp³-hybridized carbons (Fsp3) is 0.600. The molecule has 2 aromatic heterocycles. The summed E-state index contributed by atoms with van der Waals surface area (Å²) < 4.78 is 17.1. The molecule has 0 spiro atoms. The van der Waals surface area contributed by atoms with Crippen molar-refractivity contribution in [3.63, 3.8) is 0 Å². The van der Waals surface area contributed by atoms with Crippen molar-refractivity contribution in [1.82, 2.24) is 35.0 Å². The third-order valence-electron chi connectivity index (χ3n) is 4.20. The molecule has 0 bridgehead atoms. The van der Waals surface area contributed by atoms with Crippen LogP contribution in [0.15, 0.2) is 24.8 Å². The zero-order valence-electron chi connectivity index (χ0n) is 13.7. The molecule has 2 atom stereocenters. The van der Waals surface area contributed by atoms with Gasteiger partial charge in [0.15, 0.2) is 0 Å². The molecular formula is C15H22FN7O. The molecule has 1 N–H and O–H groups in total. The predicted octanol–water partition coefficient (Wildman–Crippen LogP) is 0.131. The highest BCUT2D eigenvalue weighted by Crippen LogP contribution is 2.22. The van der Waals surface area contributed by atoms with Crippen molar-refractivity contribution >= 4 is 5.91 Å².